The predicted molar refractivity (Wildman–Crippen MR) is 61.5 cm³/mol. The number of piperazine rings is 1. The van der Waals surface area contributed by atoms with Crippen LogP contribution in [-0.4, -0.2) is 40.9 Å². The fourth-order valence-corrected chi connectivity index (χ4v) is 1.99. The smallest absolute Gasteiger partial charge is 0.325 e. The van der Waals surface area contributed by atoms with Gasteiger partial charge in [0, 0.05) is 0 Å². The van der Waals surface area contributed by atoms with Crippen molar-refractivity contribution in [1.29, 1.82) is 0 Å². The summed E-state index contributed by atoms with van der Waals surface area (Å²) in [5.74, 6) is -2.04. The molecule has 0 bridgehead atoms. The molecule has 1 unspecified atom stereocenters. The number of carboxylic acid groups (broad SMARTS) is 1. The maximum atomic E-state index is 11.3. The molecule has 1 fully saturated rings. The highest BCUT2D eigenvalue weighted by atomic mass is 16.4. The highest BCUT2D eigenvalue weighted by Crippen LogP contribution is 2.21. The van der Waals surface area contributed by atoms with Crippen LogP contribution in [0.5, 0.6) is 0 Å². The monoisotopic (exact) mass is 248 g/mol. The summed E-state index contributed by atoms with van der Waals surface area (Å²) in [6.45, 7) is -0.199. The molecule has 0 radical (unpaired) electrons. The summed E-state index contributed by atoms with van der Waals surface area (Å²) >= 11 is 0. The third-order valence-corrected chi connectivity index (χ3v) is 2.69. The minimum Gasteiger partial charge on any atom is -0.480 e. The highest BCUT2D eigenvalue weighted by Gasteiger charge is 2.33. The van der Waals surface area contributed by atoms with E-state index in [1.807, 2.05) is 0 Å². The number of carboxylic acids is 1. The first-order chi connectivity index (χ1) is 8.58. The molecule has 0 aromatic heterocycles. The average molecular weight is 248 g/mol. The van der Waals surface area contributed by atoms with E-state index in [0.29, 0.717) is 5.56 Å². The van der Waals surface area contributed by atoms with Crippen molar-refractivity contribution in [2.75, 3.05) is 13.1 Å². The maximum Gasteiger partial charge on any atom is 0.325 e. The van der Waals surface area contributed by atoms with Gasteiger partial charge in [0.05, 0.1) is 13.1 Å². The Morgan fingerprint density at radius 1 is 1.17 bits per heavy atom. The standard InChI is InChI=1S/C12H12N2O4/c15-9-6-14(7-10(16)13-9)11(12(17)18)8-4-2-1-3-5-8/h1-5,11H,6-7H2,(H,17,18)(H,13,15,16). The Balaban J connectivity index is 2.28. The molecule has 0 spiro atoms. The molecule has 0 saturated carbocycles. The SMILES string of the molecule is O=C1CN(C(C(=O)O)c2ccccc2)CC(=O)N1. The lowest BCUT2D eigenvalue weighted by molar-refractivity contribution is -0.147. The molecular weight excluding hydrogens is 236 g/mol. The van der Waals surface area contributed by atoms with Crippen molar-refractivity contribution >= 4 is 17.8 Å². The largest absolute Gasteiger partial charge is 0.480 e. The molecule has 1 aromatic carbocycles. The Morgan fingerprint density at radius 2 is 1.72 bits per heavy atom. The zero-order valence-electron chi connectivity index (χ0n) is 9.50. The molecule has 1 aliphatic heterocycles. The number of benzene rings is 1. The van der Waals surface area contributed by atoms with Gasteiger partial charge in [-0.1, -0.05) is 30.3 Å². The minimum absolute atomic E-state index is 0.0996. The molecule has 2 amide bonds. The first-order valence-corrected chi connectivity index (χ1v) is 5.42. The third kappa shape index (κ3) is 2.54. The van der Waals surface area contributed by atoms with E-state index >= 15 is 0 Å². The third-order valence-electron chi connectivity index (χ3n) is 2.69. The first kappa shape index (κ1) is 12.3. The van der Waals surface area contributed by atoms with Crippen LogP contribution >= 0.6 is 0 Å². The number of rotatable bonds is 3. The highest BCUT2D eigenvalue weighted by molar-refractivity contribution is 5.99. The zero-order chi connectivity index (χ0) is 13.1. The normalized spacial score (nSPS) is 18.2. The van der Waals surface area contributed by atoms with E-state index < -0.39 is 23.8 Å². The summed E-state index contributed by atoms with van der Waals surface area (Å²) in [5, 5.41) is 11.4. The van der Waals surface area contributed by atoms with E-state index in [9.17, 15) is 19.5 Å². The number of aliphatic carboxylic acids is 1. The van der Waals surface area contributed by atoms with Crippen LogP contribution in [0.25, 0.3) is 0 Å². The fourth-order valence-electron chi connectivity index (χ4n) is 1.99. The van der Waals surface area contributed by atoms with Crippen LogP contribution in [0.15, 0.2) is 30.3 Å². The molecule has 1 aliphatic rings. The number of hydrogen-bond donors (Lipinski definition) is 2. The molecular formula is C12H12N2O4. The Labute approximate surface area is 103 Å². The second kappa shape index (κ2) is 4.97. The van der Waals surface area contributed by atoms with Gasteiger partial charge in [0.1, 0.15) is 6.04 Å². The number of imide groups is 1. The van der Waals surface area contributed by atoms with Gasteiger partial charge in [-0.05, 0) is 5.56 Å². The van der Waals surface area contributed by atoms with Gasteiger partial charge in [-0.2, -0.15) is 0 Å². The number of carbonyl (C=O) groups is 3. The number of nitrogens with one attached hydrogen (secondary N) is 1. The van der Waals surface area contributed by atoms with Gasteiger partial charge in [-0.25, -0.2) is 0 Å². The Bertz CT molecular complexity index is 470. The molecule has 6 nitrogen and oxygen atoms in total. The minimum atomic E-state index is -1.08. The summed E-state index contributed by atoms with van der Waals surface area (Å²) in [6, 6.07) is 7.55. The van der Waals surface area contributed by atoms with Crippen LogP contribution in [0.4, 0.5) is 0 Å². The van der Waals surface area contributed by atoms with E-state index in [1.54, 1.807) is 30.3 Å². The van der Waals surface area contributed by atoms with Crippen molar-refractivity contribution < 1.29 is 19.5 Å². The number of nitrogens with zero attached hydrogens (tertiary/aromatic N) is 1. The van der Waals surface area contributed by atoms with Crippen molar-refractivity contribution in [3.05, 3.63) is 35.9 Å². The van der Waals surface area contributed by atoms with Gasteiger partial charge in [-0.15, -0.1) is 0 Å². The van der Waals surface area contributed by atoms with Crippen LogP contribution < -0.4 is 5.32 Å². The lowest BCUT2D eigenvalue weighted by Gasteiger charge is -2.30. The predicted octanol–water partition coefficient (Wildman–Crippen LogP) is -0.229. The van der Waals surface area contributed by atoms with Gasteiger partial charge >= 0.3 is 5.97 Å². The van der Waals surface area contributed by atoms with Gasteiger partial charge in [0.2, 0.25) is 11.8 Å². The number of amides is 2. The molecule has 2 rings (SSSR count). The molecule has 2 N–H and O–H groups in total. The lowest BCUT2D eigenvalue weighted by atomic mass is 10.0. The molecule has 1 aromatic rings. The topological polar surface area (TPSA) is 86.7 Å². The van der Waals surface area contributed by atoms with E-state index in [1.165, 1.54) is 4.90 Å². The number of carbonyl (C=O) groups excluding carboxylic acids is 2. The van der Waals surface area contributed by atoms with Crippen molar-refractivity contribution in [3.8, 4) is 0 Å². The lowest BCUT2D eigenvalue weighted by Crippen LogP contribution is -2.53. The summed E-state index contributed by atoms with van der Waals surface area (Å²) in [5.41, 5.74) is 0.549. The van der Waals surface area contributed by atoms with Crippen molar-refractivity contribution in [3.63, 3.8) is 0 Å². The van der Waals surface area contributed by atoms with Crippen molar-refractivity contribution in [1.82, 2.24) is 10.2 Å². The summed E-state index contributed by atoms with van der Waals surface area (Å²) in [6.07, 6.45) is 0. The molecule has 0 aliphatic carbocycles. The van der Waals surface area contributed by atoms with Crippen LogP contribution in [0.3, 0.4) is 0 Å². The summed E-state index contributed by atoms with van der Waals surface area (Å²) < 4.78 is 0. The molecule has 94 valence electrons. The van der Waals surface area contributed by atoms with Gasteiger partial charge in [-0.3, -0.25) is 24.6 Å². The summed E-state index contributed by atoms with van der Waals surface area (Å²) in [4.78, 5) is 35.2. The zero-order valence-corrected chi connectivity index (χ0v) is 9.50. The molecule has 18 heavy (non-hydrogen) atoms. The van der Waals surface area contributed by atoms with E-state index in [-0.39, 0.29) is 13.1 Å². The molecule has 1 saturated heterocycles. The second-order valence-electron chi connectivity index (χ2n) is 4.03. The van der Waals surface area contributed by atoms with Crippen LogP contribution in [-0.2, 0) is 14.4 Å². The Hall–Kier alpha value is -2.21. The average Bonchev–Trinajstić information content (AvgIpc) is 2.28. The van der Waals surface area contributed by atoms with Gasteiger partial charge in [0.25, 0.3) is 0 Å². The number of hydrogen-bond acceptors (Lipinski definition) is 4. The Morgan fingerprint density at radius 3 is 2.22 bits per heavy atom. The van der Waals surface area contributed by atoms with Crippen molar-refractivity contribution in [2.24, 2.45) is 0 Å². The quantitative estimate of drug-likeness (QED) is 0.722. The maximum absolute atomic E-state index is 11.3. The molecule has 1 heterocycles. The van der Waals surface area contributed by atoms with Crippen LogP contribution in [0.1, 0.15) is 11.6 Å². The fraction of sp³-hybridized carbons (Fsp3) is 0.250. The molecule has 1 atom stereocenters. The Kier molecular flexibility index (Phi) is 3.38. The van der Waals surface area contributed by atoms with Crippen molar-refractivity contribution in [2.45, 2.75) is 6.04 Å². The van der Waals surface area contributed by atoms with E-state index in [2.05, 4.69) is 5.32 Å². The van der Waals surface area contributed by atoms with Crippen LogP contribution in [0, 0.1) is 0 Å². The van der Waals surface area contributed by atoms with Crippen LogP contribution in [0.2, 0.25) is 0 Å². The van der Waals surface area contributed by atoms with E-state index in [0.717, 1.165) is 0 Å². The van der Waals surface area contributed by atoms with Gasteiger partial charge in [0.15, 0.2) is 0 Å². The van der Waals surface area contributed by atoms with Gasteiger partial charge < -0.3 is 5.11 Å². The first-order valence-electron chi connectivity index (χ1n) is 5.42. The summed E-state index contributed by atoms with van der Waals surface area (Å²) in [7, 11) is 0. The molecule has 6 heteroatoms. The second-order valence-corrected chi connectivity index (χ2v) is 4.03. The van der Waals surface area contributed by atoms with E-state index in [4.69, 9.17) is 0 Å².